The Morgan fingerprint density at radius 1 is 1.07 bits per heavy atom. The van der Waals surface area contributed by atoms with Gasteiger partial charge in [0.25, 0.3) is 0 Å². The van der Waals surface area contributed by atoms with E-state index in [1.807, 2.05) is 6.92 Å². The number of piperidine rings is 1. The normalized spacial score (nSPS) is 25.4. The average molecular weight is 416 g/mol. The average Bonchev–Trinajstić information content (AvgIpc) is 3.12. The van der Waals surface area contributed by atoms with Gasteiger partial charge in [-0.3, -0.25) is 4.79 Å². The Hall–Kier alpha value is -1.11. The summed E-state index contributed by atoms with van der Waals surface area (Å²) in [6.07, 6.45) is 6.26. The maximum absolute atomic E-state index is 12.6. The van der Waals surface area contributed by atoms with Gasteiger partial charge in [-0.25, -0.2) is 9.97 Å². The van der Waals surface area contributed by atoms with Gasteiger partial charge in [0.2, 0.25) is 5.91 Å². The molecule has 1 amide bonds. The molecule has 2 saturated heterocycles. The summed E-state index contributed by atoms with van der Waals surface area (Å²) in [5, 5.41) is 0. The van der Waals surface area contributed by atoms with Crippen molar-refractivity contribution in [1.82, 2.24) is 14.9 Å². The van der Waals surface area contributed by atoms with Crippen molar-refractivity contribution in [3.8, 4) is 0 Å². The molecule has 27 heavy (non-hydrogen) atoms. The molecule has 0 atom stereocenters. The summed E-state index contributed by atoms with van der Waals surface area (Å²) in [5.74, 6) is 2.92. The van der Waals surface area contributed by atoms with Crippen molar-refractivity contribution in [2.45, 2.75) is 57.4 Å². The van der Waals surface area contributed by atoms with E-state index >= 15 is 0 Å². The van der Waals surface area contributed by atoms with E-state index in [-0.39, 0.29) is 30.7 Å². The molecule has 0 spiro atoms. The Bertz CT molecular complexity index is 639. The Labute approximate surface area is 174 Å². The minimum Gasteiger partial charge on any atom is -0.356 e. The standard InChI is InChI=1S/C19H29N5O.2ClH/c1-13-21-17(15-10-16(20)11-15)12-18(22-13)23-8-4-14(5-9-23)19(25)24-6-2-3-7-24;;/h12,14-16H,2-11,20H2,1H3;2*1H. The van der Waals surface area contributed by atoms with Crippen LogP contribution in [0, 0.1) is 12.8 Å². The minimum atomic E-state index is 0. The van der Waals surface area contributed by atoms with Crippen molar-refractivity contribution >= 4 is 36.5 Å². The first-order valence-corrected chi connectivity index (χ1v) is 9.75. The fourth-order valence-corrected chi connectivity index (χ4v) is 4.40. The molecule has 0 aromatic carbocycles. The number of hydrogen-bond donors (Lipinski definition) is 1. The number of carbonyl (C=O) groups is 1. The van der Waals surface area contributed by atoms with Crippen molar-refractivity contribution in [3.05, 3.63) is 17.6 Å². The molecule has 2 N–H and O–H groups in total. The number of hydrogen-bond acceptors (Lipinski definition) is 5. The minimum absolute atomic E-state index is 0. The summed E-state index contributed by atoms with van der Waals surface area (Å²) in [7, 11) is 0. The number of aryl methyl sites for hydroxylation is 1. The lowest BCUT2D eigenvalue weighted by molar-refractivity contribution is -0.135. The van der Waals surface area contributed by atoms with Crippen molar-refractivity contribution in [2.24, 2.45) is 11.7 Å². The van der Waals surface area contributed by atoms with Gasteiger partial charge in [-0.15, -0.1) is 24.8 Å². The van der Waals surface area contributed by atoms with Crippen LogP contribution in [0.3, 0.4) is 0 Å². The van der Waals surface area contributed by atoms with Gasteiger partial charge in [0.1, 0.15) is 11.6 Å². The van der Waals surface area contributed by atoms with Crippen LogP contribution in [0.15, 0.2) is 6.07 Å². The molecule has 0 bridgehead atoms. The quantitative estimate of drug-likeness (QED) is 0.820. The lowest BCUT2D eigenvalue weighted by atomic mass is 9.78. The molecule has 3 heterocycles. The number of rotatable bonds is 3. The zero-order valence-corrected chi connectivity index (χ0v) is 17.6. The third-order valence-electron chi connectivity index (χ3n) is 6.02. The first-order valence-electron chi connectivity index (χ1n) is 9.75. The van der Waals surface area contributed by atoms with E-state index in [9.17, 15) is 4.79 Å². The summed E-state index contributed by atoms with van der Waals surface area (Å²) in [4.78, 5) is 26.3. The molecule has 1 saturated carbocycles. The lowest BCUT2D eigenvalue weighted by Gasteiger charge is -2.35. The van der Waals surface area contributed by atoms with E-state index in [4.69, 9.17) is 5.73 Å². The largest absolute Gasteiger partial charge is 0.356 e. The highest BCUT2D eigenvalue weighted by Gasteiger charge is 2.32. The molecule has 4 rings (SSSR count). The number of amides is 1. The van der Waals surface area contributed by atoms with Crippen LogP contribution in [0.4, 0.5) is 5.82 Å². The molecule has 1 aromatic rings. The van der Waals surface area contributed by atoms with Gasteiger partial charge in [0, 0.05) is 55.8 Å². The second-order valence-corrected chi connectivity index (χ2v) is 7.92. The molecule has 1 aromatic heterocycles. The number of halogens is 2. The number of aromatic nitrogens is 2. The second-order valence-electron chi connectivity index (χ2n) is 7.92. The molecule has 1 aliphatic carbocycles. The van der Waals surface area contributed by atoms with Crippen molar-refractivity contribution in [1.29, 1.82) is 0 Å². The van der Waals surface area contributed by atoms with Gasteiger partial charge in [0.05, 0.1) is 0 Å². The number of nitrogens with two attached hydrogens (primary N) is 1. The van der Waals surface area contributed by atoms with Crippen LogP contribution in [-0.4, -0.2) is 53.0 Å². The molecule has 3 aliphatic rings. The van der Waals surface area contributed by atoms with Gasteiger partial charge in [-0.2, -0.15) is 0 Å². The van der Waals surface area contributed by atoms with Gasteiger partial charge < -0.3 is 15.5 Å². The first kappa shape index (κ1) is 22.2. The highest BCUT2D eigenvalue weighted by atomic mass is 35.5. The first-order chi connectivity index (χ1) is 12.1. The molecular formula is C19H31Cl2N5O. The van der Waals surface area contributed by atoms with Crippen LogP contribution in [-0.2, 0) is 4.79 Å². The molecule has 0 unspecified atom stereocenters. The predicted octanol–water partition coefficient (Wildman–Crippen LogP) is 2.67. The van der Waals surface area contributed by atoms with Gasteiger partial charge in [-0.05, 0) is 45.4 Å². The maximum atomic E-state index is 12.6. The number of nitrogens with zero attached hydrogens (tertiary/aromatic N) is 4. The summed E-state index contributed by atoms with van der Waals surface area (Å²) in [5.41, 5.74) is 7.07. The third kappa shape index (κ3) is 4.84. The van der Waals surface area contributed by atoms with E-state index in [0.29, 0.717) is 17.9 Å². The van der Waals surface area contributed by atoms with E-state index in [1.165, 1.54) is 12.8 Å². The fraction of sp³-hybridized carbons (Fsp3) is 0.737. The van der Waals surface area contributed by atoms with E-state index < -0.39 is 0 Å². The summed E-state index contributed by atoms with van der Waals surface area (Å²) in [6, 6.07) is 2.47. The summed E-state index contributed by atoms with van der Waals surface area (Å²) >= 11 is 0. The van der Waals surface area contributed by atoms with E-state index in [0.717, 1.165) is 69.2 Å². The van der Waals surface area contributed by atoms with Crippen LogP contribution < -0.4 is 10.6 Å². The third-order valence-corrected chi connectivity index (χ3v) is 6.02. The lowest BCUT2D eigenvalue weighted by Crippen LogP contribution is -2.42. The van der Waals surface area contributed by atoms with Crippen molar-refractivity contribution in [2.75, 3.05) is 31.1 Å². The predicted molar refractivity (Wildman–Crippen MR) is 112 cm³/mol. The zero-order valence-electron chi connectivity index (χ0n) is 16.0. The smallest absolute Gasteiger partial charge is 0.225 e. The molecule has 0 radical (unpaired) electrons. The number of anilines is 1. The molecule has 8 heteroatoms. The zero-order chi connectivity index (χ0) is 17.4. The van der Waals surface area contributed by atoms with E-state index in [2.05, 4.69) is 25.8 Å². The topological polar surface area (TPSA) is 75.3 Å². The van der Waals surface area contributed by atoms with Crippen molar-refractivity contribution < 1.29 is 4.79 Å². The van der Waals surface area contributed by atoms with Gasteiger partial charge in [-0.1, -0.05) is 0 Å². The maximum Gasteiger partial charge on any atom is 0.225 e. The monoisotopic (exact) mass is 415 g/mol. The number of carbonyl (C=O) groups excluding carboxylic acids is 1. The molecular weight excluding hydrogens is 385 g/mol. The summed E-state index contributed by atoms with van der Waals surface area (Å²) < 4.78 is 0. The molecule has 152 valence electrons. The summed E-state index contributed by atoms with van der Waals surface area (Å²) in [6.45, 7) is 5.69. The van der Waals surface area contributed by atoms with Crippen LogP contribution in [0.2, 0.25) is 0 Å². The Balaban J connectivity index is 0.00000131. The van der Waals surface area contributed by atoms with Gasteiger partial charge in [0.15, 0.2) is 0 Å². The molecule has 6 nitrogen and oxygen atoms in total. The highest BCUT2D eigenvalue weighted by molar-refractivity contribution is 5.85. The molecule has 2 aliphatic heterocycles. The van der Waals surface area contributed by atoms with Crippen LogP contribution in [0.5, 0.6) is 0 Å². The second kappa shape index (κ2) is 9.39. The number of likely N-dealkylation sites (tertiary alicyclic amines) is 1. The molecule has 3 fully saturated rings. The fourth-order valence-electron chi connectivity index (χ4n) is 4.40. The highest BCUT2D eigenvalue weighted by Crippen LogP contribution is 2.36. The Kier molecular flexibility index (Phi) is 7.72. The van der Waals surface area contributed by atoms with Crippen LogP contribution in [0.1, 0.15) is 56.0 Å². The Morgan fingerprint density at radius 2 is 1.70 bits per heavy atom. The van der Waals surface area contributed by atoms with E-state index in [1.54, 1.807) is 0 Å². The van der Waals surface area contributed by atoms with Crippen LogP contribution >= 0.6 is 24.8 Å². The van der Waals surface area contributed by atoms with Crippen LogP contribution in [0.25, 0.3) is 0 Å². The van der Waals surface area contributed by atoms with Gasteiger partial charge >= 0.3 is 0 Å². The Morgan fingerprint density at radius 3 is 2.30 bits per heavy atom. The van der Waals surface area contributed by atoms with Crippen molar-refractivity contribution in [3.63, 3.8) is 0 Å². The SMILES string of the molecule is Cc1nc(C2CC(N)C2)cc(N2CCC(C(=O)N3CCCC3)CC2)n1.Cl.Cl.